The molecule has 1 unspecified atom stereocenters. The van der Waals surface area contributed by atoms with Crippen LogP contribution in [0.15, 0.2) is 37.4 Å². The molecule has 0 aromatic carbocycles. The van der Waals surface area contributed by atoms with E-state index in [1.807, 2.05) is 17.7 Å². The van der Waals surface area contributed by atoms with Gasteiger partial charge in [0.25, 0.3) is 0 Å². The van der Waals surface area contributed by atoms with Gasteiger partial charge < -0.3 is 9.88 Å². The van der Waals surface area contributed by atoms with Crippen LogP contribution in [0, 0.1) is 0 Å². The zero-order chi connectivity index (χ0) is 14.7. The molecule has 108 valence electrons. The summed E-state index contributed by atoms with van der Waals surface area (Å²) in [4.78, 5) is 20.4. The number of rotatable bonds is 5. The summed E-state index contributed by atoms with van der Waals surface area (Å²) in [6, 6.07) is 0.105. The molecule has 0 aliphatic rings. The number of halogens is 1. The minimum Gasteiger partial charge on any atom is -0.350 e. The van der Waals surface area contributed by atoms with Crippen LogP contribution in [-0.2, 0) is 6.54 Å². The Bertz CT molecular complexity index is 694. The minimum absolute atomic E-state index is 0.105. The maximum absolute atomic E-state index is 5.94. The molecular weight excluding hydrogens is 292 g/mol. The highest BCUT2D eigenvalue weighted by molar-refractivity contribution is 6.28. The highest BCUT2D eigenvalue weighted by Crippen LogP contribution is 2.10. The molecule has 0 saturated carbocycles. The number of aromatic nitrogens is 7. The number of imidazole rings is 2. The first-order chi connectivity index (χ1) is 10.2. The fourth-order valence-corrected chi connectivity index (χ4v) is 2.03. The van der Waals surface area contributed by atoms with Crippen molar-refractivity contribution in [1.82, 2.24) is 34.1 Å². The van der Waals surface area contributed by atoms with Crippen LogP contribution in [0.25, 0.3) is 5.95 Å². The van der Waals surface area contributed by atoms with Gasteiger partial charge in [0, 0.05) is 37.4 Å². The fraction of sp³-hybridized carbons (Fsp3) is 0.250. The van der Waals surface area contributed by atoms with E-state index in [1.54, 1.807) is 35.8 Å². The lowest BCUT2D eigenvalue weighted by atomic mass is 10.3. The van der Waals surface area contributed by atoms with E-state index in [9.17, 15) is 0 Å². The number of nitrogens with one attached hydrogen (secondary N) is 1. The van der Waals surface area contributed by atoms with Crippen molar-refractivity contribution in [2.45, 2.75) is 19.5 Å². The van der Waals surface area contributed by atoms with Crippen molar-refractivity contribution in [2.24, 2.45) is 0 Å². The molecule has 0 aliphatic heterocycles. The predicted molar refractivity (Wildman–Crippen MR) is 77.3 cm³/mol. The molecule has 3 aromatic heterocycles. The summed E-state index contributed by atoms with van der Waals surface area (Å²) in [5.41, 5.74) is 0. The number of anilines is 1. The highest BCUT2D eigenvalue weighted by Gasteiger charge is 2.09. The molecule has 0 fully saturated rings. The van der Waals surface area contributed by atoms with Crippen LogP contribution in [0.2, 0.25) is 5.28 Å². The van der Waals surface area contributed by atoms with Gasteiger partial charge in [0.2, 0.25) is 17.2 Å². The van der Waals surface area contributed by atoms with Gasteiger partial charge in [-0.1, -0.05) is 0 Å². The SMILES string of the molecule is CC(Cn1ccnc1)Nc1nc(Cl)nc(-n2ccnc2)n1. The molecule has 3 aromatic rings. The molecule has 0 aliphatic carbocycles. The monoisotopic (exact) mass is 304 g/mol. The molecule has 3 rings (SSSR count). The summed E-state index contributed by atoms with van der Waals surface area (Å²) >= 11 is 5.94. The Morgan fingerprint density at radius 3 is 2.67 bits per heavy atom. The summed E-state index contributed by atoms with van der Waals surface area (Å²) in [5, 5.41) is 3.32. The summed E-state index contributed by atoms with van der Waals surface area (Å²) in [5.74, 6) is 0.844. The normalized spacial score (nSPS) is 12.3. The van der Waals surface area contributed by atoms with Gasteiger partial charge in [0.15, 0.2) is 0 Å². The Hall–Kier alpha value is -2.48. The van der Waals surface area contributed by atoms with E-state index in [0.717, 1.165) is 6.54 Å². The summed E-state index contributed by atoms with van der Waals surface area (Å²) in [7, 11) is 0. The van der Waals surface area contributed by atoms with Gasteiger partial charge in [-0.05, 0) is 18.5 Å². The van der Waals surface area contributed by atoms with Crippen molar-refractivity contribution in [3.05, 3.63) is 42.7 Å². The molecule has 0 spiro atoms. The quantitative estimate of drug-likeness (QED) is 0.767. The minimum atomic E-state index is 0.105. The van der Waals surface area contributed by atoms with E-state index in [0.29, 0.717) is 11.9 Å². The summed E-state index contributed by atoms with van der Waals surface area (Å²) in [6.45, 7) is 2.76. The van der Waals surface area contributed by atoms with Crippen molar-refractivity contribution in [2.75, 3.05) is 5.32 Å². The molecule has 1 N–H and O–H groups in total. The molecule has 3 heterocycles. The Labute approximate surface area is 125 Å². The van der Waals surface area contributed by atoms with Crippen LogP contribution in [0.1, 0.15) is 6.92 Å². The Kier molecular flexibility index (Phi) is 3.78. The van der Waals surface area contributed by atoms with Crippen molar-refractivity contribution < 1.29 is 0 Å². The van der Waals surface area contributed by atoms with Crippen LogP contribution in [0.3, 0.4) is 0 Å². The third-order valence-electron chi connectivity index (χ3n) is 2.75. The first kappa shape index (κ1) is 13.5. The number of nitrogens with zero attached hydrogens (tertiary/aromatic N) is 7. The second-order valence-corrected chi connectivity index (χ2v) is 4.84. The van der Waals surface area contributed by atoms with Crippen LogP contribution in [0.5, 0.6) is 0 Å². The lowest BCUT2D eigenvalue weighted by Crippen LogP contribution is -2.23. The number of hydrogen-bond acceptors (Lipinski definition) is 6. The third kappa shape index (κ3) is 3.34. The predicted octanol–water partition coefficient (Wildman–Crippen LogP) is 1.41. The van der Waals surface area contributed by atoms with Gasteiger partial charge in [0.1, 0.15) is 6.33 Å². The van der Waals surface area contributed by atoms with E-state index >= 15 is 0 Å². The average molecular weight is 305 g/mol. The molecular formula is C12H13ClN8. The Morgan fingerprint density at radius 1 is 1.14 bits per heavy atom. The van der Waals surface area contributed by atoms with Crippen molar-refractivity contribution >= 4 is 17.5 Å². The van der Waals surface area contributed by atoms with E-state index in [-0.39, 0.29) is 11.3 Å². The zero-order valence-corrected chi connectivity index (χ0v) is 12.0. The molecule has 0 saturated heterocycles. The maximum Gasteiger partial charge on any atom is 0.241 e. The Balaban J connectivity index is 1.76. The van der Waals surface area contributed by atoms with Crippen LogP contribution < -0.4 is 5.32 Å². The van der Waals surface area contributed by atoms with Crippen molar-refractivity contribution in [3.63, 3.8) is 0 Å². The van der Waals surface area contributed by atoms with Crippen LogP contribution >= 0.6 is 11.6 Å². The van der Waals surface area contributed by atoms with Crippen molar-refractivity contribution in [3.8, 4) is 5.95 Å². The van der Waals surface area contributed by atoms with Crippen molar-refractivity contribution in [1.29, 1.82) is 0 Å². The van der Waals surface area contributed by atoms with Crippen LogP contribution in [0.4, 0.5) is 5.95 Å². The number of hydrogen-bond donors (Lipinski definition) is 1. The molecule has 21 heavy (non-hydrogen) atoms. The molecule has 1 atom stereocenters. The molecule has 9 heteroatoms. The lowest BCUT2D eigenvalue weighted by Gasteiger charge is -2.14. The standard InChI is InChI=1S/C12H13ClN8/c1-9(6-20-4-2-14-7-20)16-11-17-10(13)18-12(19-11)21-5-3-15-8-21/h2-5,7-9H,6H2,1H3,(H,16,17,18,19). The molecule has 0 radical (unpaired) electrons. The second kappa shape index (κ2) is 5.88. The van der Waals surface area contributed by atoms with E-state index in [1.165, 1.54) is 0 Å². The topological polar surface area (TPSA) is 86.3 Å². The zero-order valence-electron chi connectivity index (χ0n) is 11.3. The maximum atomic E-state index is 5.94. The Morgan fingerprint density at radius 2 is 1.95 bits per heavy atom. The molecule has 8 nitrogen and oxygen atoms in total. The third-order valence-corrected chi connectivity index (χ3v) is 2.92. The fourth-order valence-electron chi connectivity index (χ4n) is 1.87. The van der Waals surface area contributed by atoms with Gasteiger partial charge in [-0.15, -0.1) is 0 Å². The van der Waals surface area contributed by atoms with Gasteiger partial charge >= 0.3 is 0 Å². The van der Waals surface area contributed by atoms with Gasteiger partial charge in [0.05, 0.1) is 6.33 Å². The molecule has 0 bridgehead atoms. The second-order valence-electron chi connectivity index (χ2n) is 4.50. The van der Waals surface area contributed by atoms with E-state index < -0.39 is 0 Å². The van der Waals surface area contributed by atoms with Gasteiger partial charge in [-0.2, -0.15) is 15.0 Å². The van der Waals surface area contributed by atoms with E-state index in [4.69, 9.17) is 11.6 Å². The van der Waals surface area contributed by atoms with Crippen LogP contribution in [-0.4, -0.2) is 40.1 Å². The smallest absolute Gasteiger partial charge is 0.241 e. The highest BCUT2D eigenvalue weighted by atomic mass is 35.5. The van der Waals surface area contributed by atoms with Gasteiger partial charge in [-0.3, -0.25) is 4.57 Å². The first-order valence-corrected chi connectivity index (χ1v) is 6.70. The summed E-state index contributed by atoms with van der Waals surface area (Å²) in [6.07, 6.45) is 10.4. The molecule has 0 amide bonds. The largest absolute Gasteiger partial charge is 0.350 e. The summed E-state index contributed by atoms with van der Waals surface area (Å²) < 4.78 is 3.64. The van der Waals surface area contributed by atoms with E-state index in [2.05, 4.69) is 30.2 Å². The first-order valence-electron chi connectivity index (χ1n) is 6.33. The average Bonchev–Trinajstić information content (AvgIpc) is 3.10. The van der Waals surface area contributed by atoms with Gasteiger partial charge in [-0.25, -0.2) is 9.97 Å². The lowest BCUT2D eigenvalue weighted by molar-refractivity contribution is 0.614.